The van der Waals surface area contributed by atoms with E-state index in [-0.39, 0.29) is 36.1 Å². The number of piperazine rings is 1. The van der Waals surface area contributed by atoms with E-state index in [0.29, 0.717) is 29.3 Å². The summed E-state index contributed by atoms with van der Waals surface area (Å²) in [6.45, 7) is 9.69. The average molecular weight is 712 g/mol. The first-order valence-electron chi connectivity index (χ1n) is 17.2. The second-order valence-corrected chi connectivity index (χ2v) is 13.2. The highest BCUT2D eigenvalue weighted by Crippen LogP contribution is 2.41. The number of alkyl halides is 3. The van der Waals surface area contributed by atoms with Crippen LogP contribution in [0.3, 0.4) is 0 Å². The van der Waals surface area contributed by atoms with Gasteiger partial charge in [-0.15, -0.1) is 0 Å². The van der Waals surface area contributed by atoms with Gasteiger partial charge in [-0.1, -0.05) is 18.7 Å². The Morgan fingerprint density at radius 2 is 1.69 bits per heavy atom. The minimum atomic E-state index is -4.84. The lowest BCUT2D eigenvalue weighted by atomic mass is 10.0. The van der Waals surface area contributed by atoms with Gasteiger partial charge in [-0.05, 0) is 43.9 Å². The lowest BCUT2D eigenvalue weighted by molar-refractivity contribution is -0.140. The van der Waals surface area contributed by atoms with E-state index < -0.39 is 29.5 Å². The van der Waals surface area contributed by atoms with Crippen molar-refractivity contribution in [3.05, 3.63) is 66.3 Å². The predicted octanol–water partition coefficient (Wildman–Crippen LogP) is 5.54. The van der Waals surface area contributed by atoms with E-state index in [0.717, 1.165) is 58.2 Å². The van der Waals surface area contributed by atoms with Crippen molar-refractivity contribution in [3.63, 3.8) is 0 Å². The molecule has 5 heterocycles. The number of carbonyl (C=O) groups excluding carboxylic acids is 1. The van der Waals surface area contributed by atoms with Crippen molar-refractivity contribution in [1.82, 2.24) is 24.8 Å². The van der Waals surface area contributed by atoms with Gasteiger partial charge in [0.2, 0.25) is 11.8 Å². The summed E-state index contributed by atoms with van der Waals surface area (Å²) >= 11 is 0. The van der Waals surface area contributed by atoms with Crippen molar-refractivity contribution in [2.24, 2.45) is 0 Å². The third kappa shape index (κ3) is 7.58. The molecule has 4 fully saturated rings. The van der Waals surface area contributed by atoms with Crippen LogP contribution in [0.15, 0.2) is 49.3 Å². The summed E-state index contributed by atoms with van der Waals surface area (Å²) in [5.74, 6) is -0.451. The molecule has 272 valence electrons. The first kappa shape index (κ1) is 34.9. The second-order valence-electron chi connectivity index (χ2n) is 13.2. The molecule has 3 saturated heterocycles. The SMILES string of the molecule is C=CC(=O)Nc1cc(Nc2cc(N3OCCC3c3cccc(C(F)(F)F)c3F)ncn2)c(OC)nc1N1CCC(N2CCN(C3CC3)CC2)CC1. The normalized spacial score (nSPS) is 20.8. The summed E-state index contributed by atoms with van der Waals surface area (Å²) in [6, 6.07) is 6.86. The molecule has 12 nitrogen and oxygen atoms in total. The lowest BCUT2D eigenvalue weighted by Gasteiger charge is -2.43. The zero-order chi connectivity index (χ0) is 35.7. The lowest BCUT2D eigenvalue weighted by Crippen LogP contribution is -2.53. The monoisotopic (exact) mass is 711 g/mol. The molecule has 1 aromatic carbocycles. The van der Waals surface area contributed by atoms with Crippen molar-refractivity contribution in [2.45, 2.75) is 56.4 Å². The molecule has 3 aromatic rings. The Balaban J connectivity index is 1.09. The van der Waals surface area contributed by atoms with Gasteiger partial charge in [-0.3, -0.25) is 19.4 Å². The fourth-order valence-electron chi connectivity index (χ4n) is 7.28. The number of pyridine rings is 1. The zero-order valence-electron chi connectivity index (χ0n) is 28.3. The molecule has 2 aromatic heterocycles. The van der Waals surface area contributed by atoms with Gasteiger partial charge in [0.05, 0.1) is 31.0 Å². The second kappa shape index (κ2) is 14.6. The summed E-state index contributed by atoms with van der Waals surface area (Å²) in [5, 5.41) is 7.33. The van der Waals surface area contributed by atoms with Crippen molar-refractivity contribution >= 4 is 34.7 Å². The zero-order valence-corrected chi connectivity index (χ0v) is 28.3. The molecule has 1 atom stereocenters. The summed E-state index contributed by atoms with van der Waals surface area (Å²) in [7, 11) is 1.49. The maximum Gasteiger partial charge on any atom is 0.419 e. The maximum atomic E-state index is 15.1. The third-order valence-electron chi connectivity index (χ3n) is 10.0. The summed E-state index contributed by atoms with van der Waals surface area (Å²) in [5.41, 5.74) is -0.654. The van der Waals surface area contributed by atoms with E-state index in [1.54, 1.807) is 6.07 Å². The first-order chi connectivity index (χ1) is 24.6. The van der Waals surface area contributed by atoms with Gasteiger partial charge >= 0.3 is 6.18 Å². The molecule has 1 unspecified atom stereocenters. The number of hydroxylamine groups is 1. The van der Waals surface area contributed by atoms with Gasteiger partial charge in [0.15, 0.2) is 11.6 Å². The number of nitrogens with zero attached hydrogens (tertiary/aromatic N) is 7. The number of methoxy groups -OCH3 is 1. The Hall–Kier alpha value is -4.54. The molecule has 1 aliphatic carbocycles. The van der Waals surface area contributed by atoms with E-state index in [1.807, 2.05) is 0 Å². The van der Waals surface area contributed by atoms with Gasteiger partial charge in [-0.2, -0.15) is 18.2 Å². The number of halogens is 4. The summed E-state index contributed by atoms with van der Waals surface area (Å²) < 4.78 is 61.2. The van der Waals surface area contributed by atoms with Crippen molar-refractivity contribution in [3.8, 4) is 5.88 Å². The Bertz CT molecular complexity index is 1740. The topological polar surface area (TPSA) is 111 Å². The van der Waals surface area contributed by atoms with Gasteiger partial charge in [0.1, 0.15) is 23.6 Å². The van der Waals surface area contributed by atoms with Gasteiger partial charge < -0.3 is 20.3 Å². The summed E-state index contributed by atoms with van der Waals surface area (Å²) in [4.78, 5) is 39.0. The average Bonchev–Trinajstić information content (AvgIpc) is 3.87. The quantitative estimate of drug-likeness (QED) is 0.205. The molecule has 7 rings (SSSR count). The smallest absolute Gasteiger partial charge is 0.419 e. The molecule has 1 amide bonds. The number of piperidine rings is 1. The molecule has 16 heteroatoms. The van der Waals surface area contributed by atoms with Crippen LogP contribution in [0.5, 0.6) is 5.88 Å². The third-order valence-corrected chi connectivity index (χ3v) is 10.0. The molecule has 2 N–H and O–H groups in total. The first-order valence-corrected chi connectivity index (χ1v) is 17.2. The number of hydrogen-bond acceptors (Lipinski definition) is 11. The van der Waals surface area contributed by atoms with E-state index >= 15 is 4.39 Å². The van der Waals surface area contributed by atoms with Gasteiger partial charge in [-0.25, -0.2) is 19.4 Å². The van der Waals surface area contributed by atoms with Crippen LogP contribution in [0.4, 0.5) is 46.4 Å². The number of benzene rings is 1. The number of anilines is 5. The minimum absolute atomic E-state index is 0.146. The van der Waals surface area contributed by atoms with E-state index in [9.17, 15) is 18.0 Å². The van der Waals surface area contributed by atoms with Crippen LogP contribution < -0.4 is 25.3 Å². The van der Waals surface area contributed by atoms with Crippen LogP contribution in [0, 0.1) is 5.82 Å². The van der Waals surface area contributed by atoms with Crippen LogP contribution in [0.25, 0.3) is 0 Å². The number of ether oxygens (including phenoxy) is 1. The molecule has 0 spiro atoms. The van der Waals surface area contributed by atoms with E-state index in [4.69, 9.17) is 14.6 Å². The van der Waals surface area contributed by atoms with Crippen LogP contribution in [0.2, 0.25) is 0 Å². The molecule has 1 saturated carbocycles. The van der Waals surface area contributed by atoms with Gasteiger partial charge in [0.25, 0.3) is 0 Å². The van der Waals surface area contributed by atoms with Crippen molar-refractivity contribution in [2.75, 3.05) is 73.6 Å². The fraction of sp³-hybridized carbons (Fsp3) is 0.486. The predicted molar refractivity (Wildman–Crippen MR) is 184 cm³/mol. The van der Waals surface area contributed by atoms with E-state index in [2.05, 4.69) is 41.9 Å². The van der Waals surface area contributed by atoms with Crippen LogP contribution >= 0.6 is 0 Å². The molecular formula is C35H41F4N9O3. The number of carbonyl (C=O) groups is 1. The minimum Gasteiger partial charge on any atom is -0.479 e. The van der Waals surface area contributed by atoms with Crippen LogP contribution in [-0.4, -0.2) is 95.7 Å². The number of aromatic nitrogens is 3. The number of nitrogens with one attached hydrogen (secondary N) is 2. The Morgan fingerprint density at radius 1 is 0.980 bits per heavy atom. The molecule has 0 radical (unpaired) electrons. The van der Waals surface area contributed by atoms with Crippen LogP contribution in [-0.2, 0) is 15.8 Å². The van der Waals surface area contributed by atoms with Gasteiger partial charge in [0, 0.05) is 69.4 Å². The molecule has 0 bridgehead atoms. The number of hydrogen-bond donors (Lipinski definition) is 2. The standard InChI is InChI=1S/C35H41F4N9O3/c1-3-31(49)43-26-19-27(34(50-2)44-33(26)47-12-9-23(10-13-47)46-16-14-45(15-17-46)22-7-8-22)42-29-20-30(41-21-40-29)48-28(11-18-51-48)24-5-4-6-25(32(24)36)35(37,38)39/h3-6,19-23,28H,1,7-18H2,2H3,(H,43,49)(H,40,41,42). The van der Waals surface area contributed by atoms with Crippen molar-refractivity contribution in [1.29, 1.82) is 0 Å². The Kier molecular flexibility index (Phi) is 9.99. The Morgan fingerprint density at radius 3 is 2.33 bits per heavy atom. The Labute approximate surface area is 293 Å². The highest BCUT2D eigenvalue weighted by molar-refractivity contribution is 6.01. The molecule has 51 heavy (non-hydrogen) atoms. The molecule has 4 aliphatic rings. The number of rotatable bonds is 10. The highest BCUT2D eigenvalue weighted by atomic mass is 19.4. The molecular weight excluding hydrogens is 670 g/mol. The van der Waals surface area contributed by atoms with E-state index in [1.165, 1.54) is 55.6 Å². The van der Waals surface area contributed by atoms with Crippen LogP contribution in [0.1, 0.15) is 49.3 Å². The maximum absolute atomic E-state index is 15.1. The number of amides is 1. The summed E-state index contributed by atoms with van der Waals surface area (Å²) in [6.07, 6.45) is 2.43. The largest absolute Gasteiger partial charge is 0.479 e. The molecule has 3 aliphatic heterocycles. The fourth-order valence-corrected chi connectivity index (χ4v) is 7.28. The highest BCUT2D eigenvalue weighted by Gasteiger charge is 2.39. The van der Waals surface area contributed by atoms with Crippen molar-refractivity contribution < 1.29 is 31.9 Å².